The third kappa shape index (κ3) is 3.50. The summed E-state index contributed by atoms with van der Waals surface area (Å²) in [6.45, 7) is -2.03. The molecular weight excluding hydrogens is 269 g/mol. The van der Waals surface area contributed by atoms with Crippen molar-refractivity contribution in [3.05, 3.63) is 17.7 Å². The van der Waals surface area contributed by atoms with Crippen LogP contribution in [0.3, 0.4) is 0 Å². The molecule has 1 aliphatic heterocycles. The van der Waals surface area contributed by atoms with Crippen LogP contribution in [-0.4, -0.2) is 32.7 Å². The zero-order valence-electron chi connectivity index (χ0n) is 9.53. The standard InChI is InChI=1S/C11H9F3O5/c12-11(13,14)4-16-5-17-8-2-10-9(18-6-19-10)1-7(8)3-15/h1-3H,4-6H2. The quantitative estimate of drug-likeness (QED) is 0.469. The summed E-state index contributed by atoms with van der Waals surface area (Å²) >= 11 is 0. The number of benzene rings is 1. The molecule has 0 atom stereocenters. The maximum Gasteiger partial charge on any atom is 0.411 e. The Hall–Kier alpha value is -1.96. The maximum atomic E-state index is 11.8. The highest BCUT2D eigenvalue weighted by atomic mass is 19.4. The first kappa shape index (κ1) is 13.5. The highest BCUT2D eigenvalue weighted by Crippen LogP contribution is 2.37. The monoisotopic (exact) mass is 278 g/mol. The molecule has 0 aliphatic carbocycles. The van der Waals surface area contributed by atoms with Crippen LogP contribution in [0.25, 0.3) is 0 Å². The summed E-state index contributed by atoms with van der Waals surface area (Å²) in [5.41, 5.74) is 0.139. The second kappa shape index (κ2) is 5.35. The summed E-state index contributed by atoms with van der Waals surface area (Å²) in [4.78, 5) is 10.8. The molecule has 0 amide bonds. The van der Waals surface area contributed by atoms with Crippen LogP contribution in [0.15, 0.2) is 12.1 Å². The van der Waals surface area contributed by atoms with E-state index in [1.165, 1.54) is 12.1 Å². The van der Waals surface area contributed by atoms with Crippen molar-refractivity contribution in [2.45, 2.75) is 6.18 Å². The highest BCUT2D eigenvalue weighted by molar-refractivity contribution is 5.81. The van der Waals surface area contributed by atoms with Crippen LogP contribution < -0.4 is 14.2 Å². The Kier molecular flexibility index (Phi) is 3.79. The number of alkyl halides is 3. The SMILES string of the molecule is O=Cc1cc2c(cc1OCOCC(F)(F)F)OCO2. The predicted molar refractivity (Wildman–Crippen MR) is 55.5 cm³/mol. The number of rotatable bonds is 5. The number of hydrogen-bond donors (Lipinski definition) is 0. The zero-order valence-corrected chi connectivity index (χ0v) is 9.53. The van der Waals surface area contributed by atoms with E-state index in [-0.39, 0.29) is 18.1 Å². The van der Waals surface area contributed by atoms with Crippen LogP contribution in [0.4, 0.5) is 13.2 Å². The average molecular weight is 278 g/mol. The molecule has 5 nitrogen and oxygen atoms in total. The molecule has 0 N–H and O–H groups in total. The van der Waals surface area contributed by atoms with E-state index in [1.807, 2.05) is 0 Å². The van der Waals surface area contributed by atoms with Gasteiger partial charge in [0.05, 0.1) is 5.56 Å². The van der Waals surface area contributed by atoms with Crippen LogP contribution in [0.1, 0.15) is 10.4 Å². The summed E-state index contributed by atoms with van der Waals surface area (Å²) in [5, 5.41) is 0. The lowest BCUT2D eigenvalue weighted by molar-refractivity contribution is -0.186. The molecule has 1 heterocycles. The van der Waals surface area contributed by atoms with Crippen molar-refractivity contribution < 1.29 is 36.9 Å². The van der Waals surface area contributed by atoms with Crippen LogP contribution >= 0.6 is 0 Å². The highest BCUT2D eigenvalue weighted by Gasteiger charge is 2.27. The van der Waals surface area contributed by atoms with E-state index in [1.54, 1.807) is 0 Å². The lowest BCUT2D eigenvalue weighted by Gasteiger charge is -2.11. The van der Waals surface area contributed by atoms with Gasteiger partial charge < -0.3 is 18.9 Å². The molecule has 2 rings (SSSR count). The second-order valence-corrected chi connectivity index (χ2v) is 3.59. The Labute approximate surface area is 105 Å². The number of ether oxygens (including phenoxy) is 4. The van der Waals surface area contributed by atoms with Gasteiger partial charge in [0.2, 0.25) is 6.79 Å². The van der Waals surface area contributed by atoms with E-state index < -0.39 is 19.6 Å². The Bertz CT molecular complexity index is 472. The number of carbonyl (C=O) groups excluding carboxylic acids is 1. The summed E-state index contributed by atoms with van der Waals surface area (Å²) in [7, 11) is 0. The molecule has 0 unspecified atom stereocenters. The Morgan fingerprint density at radius 3 is 2.58 bits per heavy atom. The molecule has 0 saturated heterocycles. The van der Waals surface area contributed by atoms with E-state index in [0.717, 1.165) is 0 Å². The summed E-state index contributed by atoms with van der Waals surface area (Å²) in [6.07, 6.45) is -3.92. The number of fused-ring (bicyclic) bond motifs is 1. The molecule has 0 spiro atoms. The van der Waals surface area contributed by atoms with Gasteiger partial charge in [-0.05, 0) is 6.07 Å². The largest absolute Gasteiger partial charge is 0.467 e. The van der Waals surface area contributed by atoms with Crippen molar-refractivity contribution >= 4 is 6.29 Å². The number of carbonyl (C=O) groups is 1. The van der Waals surface area contributed by atoms with Gasteiger partial charge in [0, 0.05) is 6.07 Å². The third-order valence-corrected chi connectivity index (χ3v) is 2.20. The number of halogens is 3. The first-order valence-corrected chi connectivity index (χ1v) is 5.16. The van der Waals surface area contributed by atoms with E-state index >= 15 is 0 Å². The zero-order chi connectivity index (χ0) is 13.9. The van der Waals surface area contributed by atoms with Crippen molar-refractivity contribution in [3.8, 4) is 17.2 Å². The molecule has 1 aromatic rings. The van der Waals surface area contributed by atoms with E-state index in [0.29, 0.717) is 17.8 Å². The molecule has 19 heavy (non-hydrogen) atoms. The van der Waals surface area contributed by atoms with Crippen molar-refractivity contribution in [1.29, 1.82) is 0 Å². The number of hydrogen-bond acceptors (Lipinski definition) is 5. The fourth-order valence-corrected chi connectivity index (χ4v) is 1.42. The first-order chi connectivity index (χ1) is 8.99. The maximum absolute atomic E-state index is 11.8. The second-order valence-electron chi connectivity index (χ2n) is 3.59. The minimum atomic E-state index is -4.42. The van der Waals surface area contributed by atoms with Crippen LogP contribution in [0, 0.1) is 0 Å². The Balaban J connectivity index is 1.98. The van der Waals surface area contributed by atoms with Crippen molar-refractivity contribution in [3.63, 3.8) is 0 Å². The average Bonchev–Trinajstić information content (AvgIpc) is 2.79. The fraction of sp³-hybridized carbons (Fsp3) is 0.364. The van der Waals surface area contributed by atoms with Crippen LogP contribution in [0.2, 0.25) is 0 Å². The van der Waals surface area contributed by atoms with E-state index in [2.05, 4.69) is 4.74 Å². The molecular formula is C11H9F3O5. The van der Waals surface area contributed by atoms with Gasteiger partial charge in [0.1, 0.15) is 12.4 Å². The molecule has 8 heteroatoms. The molecule has 0 aromatic heterocycles. The Morgan fingerprint density at radius 2 is 1.95 bits per heavy atom. The van der Waals surface area contributed by atoms with Gasteiger partial charge in [-0.1, -0.05) is 0 Å². The summed E-state index contributed by atoms with van der Waals surface area (Å²) in [6, 6.07) is 2.75. The van der Waals surface area contributed by atoms with Gasteiger partial charge >= 0.3 is 6.18 Å². The van der Waals surface area contributed by atoms with Crippen molar-refractivity contribution in [2.75, 3.05) is 20.2 Å². The normalized spacial score (nSPS) is 13.4. The van der Waals surface area contributed by atoms with Crippen molar-refractivity contribution in [1.82, 2.24) is 0 Å². The third-order valence-electron chi connectivity index (χ3n) is 2.20. The molecule has 0 bridgehead atoms. The lowest BCUT2D eigenvalue weighted by Crippen LogP contribution is -2.19. The lowest BCUT2D eigenvalue weighted by atomic mass is 10.2. The minimum absolute atomic E-state index is 0.0155. The smallest absolute Gasteiger partial charge is 0.411 e. The Morgan fingerprint density at radius 1 is 1.26 bits per heavy atom. The molecule has 1 aromatic carbocycles. The van der Waals surface area contributed by atoms with Gasteiger partial charge in [0.25, 0.3) is 0 Å². The predicted octanol–water partition coefficient (Wildman–Crippen LogP) is 2.14. The molecule has 0 radical (unpaired) electrons. The minimum Gasteiger partial charge on any atom is -0.467 e. The molecule has 0 fully saturated rings. The van der Waals surface area contributed by atoms with Crippen molar-refractivity contribution in [2.24, 2.45) is 0 Å². The van der Waals surface area contributed by atoms with E-state index in [9.17, 15) is 18.0 Å². The van der Waals surface area contributed by atoms with Gasteiger partial charge in [0.15, 0.2) is 24.6 Å². The van der Waals surface area contributed by atoms with Gasteiger partial charge in [-0.25, -0.2) is 0 Å². The van der Waals surface area contributed by atoms with Crippen LogP contribution in [-0.2, 0) is 4.74 Å². The molecule has 1 aliphatic rings. The fourth-order valence-electron chi connectivity index (χ4n) is 1.42. The number of aldehydes is 1. The van der Waals surface area contributed by atoms with E-state index in [4.69, 9.17) is 14.2 Å². The summed E-state index contributed by atoms with van der Waals surface area (Å²) in [5.74, 6) is 0.809. The summed E-state index contributed by atoms with van der Waals surface area (Å²) < 4.78 is 54.9. The van der Waals surface area contributed by atoms with Gasteiger partial charge in [-0.2, -0.15) is 13.2 Å². The van der Waals surface area contributed by atoms with Gasteiger partial charge in [-0.15, -0.1) is 0 Å². The van der Waals surface area contributed by atoms with Crippen LogP contribution in [0.5, 0.6) is 17.2 Å². The van der Waals surface area contributed by atoms with Gasteiger partial charge in [-0.3, -0.25) is 4.79 Å². The molecule has 0 saturated carbocycles. The first-order valence-electron chi connectivity index (χ1n) is 5.16. The molecule has 104 valence electrons. The topological polar surface area (TPSA) is 54.0 Å².